The van der Waals surface area contributed by atoms with Crippen LogP contribution in [0.5, 0.6) is 0 Å². The first-order chi connectivity index (χ1) is 10.9. The van der Waals surface area contributed by atoms with E-state index in [0.29, 0.717) is 11.6 Å². The first-order valence-electron chi connectivity index (χ1n) is 7.00. The molecule has 0 fully saturated rings. The number of aromatic carboxylic acids is 2. The normalized spacial score (nSPS) is 11.1. The van der Waals surface area contributed by atoms with Gasteiger partial charge >= 0.3 is 11.9 Å². The molecule has 0 amide bonds. The lowest BCUT2D eigenvalue weighted by molar-refractivity contribution is 0.0696. The fourth-order valence-corrected chi connectivity index (χ4v) is 1.98. The van der Waals surface area contributed by atoms with E-state index in [1.807, 2.05) is 18.2 Å². The second-order valence-corrected chi connectivity index (χ2v) is 5.33. The van der Waals surface area contributed by atoms with Gasteiger partial charge in [0.2, 0.25) is 0 Å². The number of benzene rings is 2. The molecule has 0 bridgehead atoms. The molecule has 2 aromatic carbocycles. The van der Waals surface area contributed by atoms with Crippen molar-refractivity contribution < 1.29 is 19.8 Å². The summed E-state index contributed by atoms with van der Waals surface area (Å²) in [7, 11) is 0. The summed E-state index contributed by atoms with van der Waals surface area (Å²) in [6.07, 6.45) is 0. The van der Waals surface area contributed by atoms with Gasteiger partial charge in [-0.25, -0.2) is 9.59 Å². The summed E-state index contributed by atoms with van der Waals surface area (Å²) in [6, 6.07) is 11.2. The molecule has 0 saturated carbocycles. The minimum Gasteiger partial charge on any atom is -0.478 e. The number of rotatable bonds is 5. The van der Waals surface area contributed by atoms with Crippen LogP contribution in [0, 0.1) is 0 Å². The Hall–Kier alpha value is -3.02. The summed E-state index contributed by atoms with van der Waals surface area (Å²) in [5, 5.41) is 26.1. The fraction of sp³-hybridized carbons (Fsp3) is 0.176. The maximum atomic E-state index is 11.1. The molecule has 6 heteroatoms. The lowest BCUT2D eigenvalue weighted by atomic mass is 10.0. The second kappa shape index (κ2) is 6.83. The molecule has 0 heterocycles. The van der Waals surface area contributed by atoms with Crippen LogP contribution < -0.4 is 0 Å². The Balaban J connectivity index is 2.37. The highest BCUT2D eigenvalue weighted by Crippen LogP contribution is 2.24. The Labute approximate surface area is 133 Å². The molecule has 2 N–H and O–H groups in total. The summed E-state index contributed by atoms with van der Waals surface area (Å²) in [5.74, 6) is -2.09. The summed E-state index contributed by atoms with van der Waals surface area (Å²) in [5.41, 5.74) is 1.61. The van der Waals surface area contributed by atoms with Gasteiger partial charge in [-0.3, -0.25) is 0 Å². The summed E-state index contributed by atoms with van der Waals surface area (Å²) >= 11 is 0. The third-order valence-corrected chi connectivity index (χ3v) is 3.23. The van der Waals surface area contributed by atoms with E-state index in [1.54, 1.807) is 6.07 Å². The van der Waals surface area contributed by atoms with Crippen LogP contribution >= 0.6 is 0 Å². The van der Waals surface area contributed by atoms with E-state index in [4.69, 9.17) is 10.2 Å². The van der Waals surface area contributed by atoms with Gasteiger partial charge < -0.3 is 10.2 Å². The van der Waals surface area contributed by atoms with Crippen LogP contribution in [-0.4, -0.2) is 22.2 Å². The van der Waals surface area contributed by atoms with Crippen LogP contribution in [-0.2, 0) is 0 Å². The van der Waals surface area contributed by atoms with Crippen molar-refractivity contribution in [1.29, 1.82) is 0 Å². The molecule has 0 aromatic heterocycles. The molecule has 0 radical (unpaired) electrons. The standard InChI is InChI=1S/C17H16N2O4/c1-10(2)11-4-3-5-14(7-11)18-19-15-8-12(16(20)21)6-13(9-15)17(22)23/h3-10H,1-2H3,(H,20,21)(H,22,23)/b19-18+. The Morgan fingerprint density at radius 2 is 1.43 bits per heavy atom. The van der Waals surface area contributed by atoms with Gasteiger partial charge in [-0.1, -0.05) is 26.0 Å². The van der Waals surface area contributed by atoms with E-state index in [2.05, 4.69) is 24.1 Å². The Bertz CT molecular complexity index is 750. The topological polar surface area (TPSA) is 99.3 Å². The Kier molecular flexibility index (Phi) is 4.85. The minimum atomic E-state index is -1.22. The summed E-state index contributed by atoms with van der Waals surface area (Å²) in [4.78, 5) is 22.1. The monoisotopic (exact) mass is 312 g/mol. The number of azo groups is 1. The van der Waals surface area contributed by atoms with E-state index in [1.165, 1.54) is 12.1 Å². The number of hydrogen-bond donors (Lipinski definition) is 2. The van der Waals surface area contributed by atoms with Gasteiger partial charge in [-0.15, -0.1) is 0 Å². The molecular weight excluding hydrogens is 296 g/mol. The van der Waals surface area contributed by atoms with Crippen molar-refractivity contribution in [3.8, 4) is 0 Å². The van der Waals surface area contributed by atoms with Crippen LogP contribution in [0.1, 0.15) is 46.0 Å². The van der Waals surface area contributed by atoms with Gasteiger partial charge in [0.15, 0.2) is 0 Å². The molecule has 23 heavy (non-hydrogen) atoms. The van der Waals surface area contributed by atoms with E-state index < -0.39 is 11.9 Å². The van der Waals surface area contributed by atoms with E-state index in [0.717, 1.165) is 11.6 Å². The van der Waals surface area contributed by atoms with Crippen LogP contribution in [0.3, 0.4) is 0 Å². The van der Waals surface area contributed by atoms with Crippen molar-refractivity contribution in [1.82, 2.24) is 0 Å². The third kappa shape index (κ3) is 4.23. The minimum absolute atomic E-state index is 0.144. The van der Waals surface area contributed by atoms with E-state index in [9.17, 15) is 9.59 Å². The first kappa shape index (κ1) is 16.4. The summed E-state index contributed by atoms with van der Waals surface area (Å²) in [6.45, 7) is 4.12. The highest BCUT2D eigenvalue weighted by atomic mass is 16.4. The van der Waals surface area contributed by atoms with Crippen LogP contribution in [0.15, 0.2) is 52.7 Å². The van der Waals surface area contributed by atoms with Crippen molar-refractivity contribution in [2.24, 2.45) is 10.2 Å². The number of hydrogen-bond acceptors (Lipinski definition) is 4. The van der Waals surface area contributed by atoms with Crippen LogP contribution in [0.25, 0.3) is 0 Å². The van der Waals surface area contributed by atoms with Gasteiger partial charge in [0, 0.05) is 0 Å². The van der Waals surface area contributed by atoms with Crippen molar-refractivity contribution in [3.63, 3.8) is 0 Å². The number of carbonyl (C=O) groups is 2. The molecule has 0 aliphatic rings. The van der Waals surface area contributed by atoms with Gasteiger partial charge in [-0.05, 0) is 41.8 Å². The molecule has 0 spiro atoms. The molecule has 0 saturated heterocycles. The van der Waals surface area contributed by atoms with Crippen molar-refractivity contribution in [2.75, 3.05) is 0 Å². The Morgan fingerprint density at radius 3 is 1.96 bits per heavy atom. The SMILES string of the molecule is CC(C)c1cccc(/N=N/c2cc(C(=O)O)cc(C(=O)O)c2)c1. The maximum Gasteiger partial charge on any atom is 0.335 e. The smallest absolute Gasteiger partial charge is 0.335 e. The molecular formula is C17H16N2O4. The van der Waals surface area contributed by atoms with Crippen LogP contribution in [0.4, 0.5) is 11.4 Å². The average Bonchev–Trinajstić information content (AvgIpc) is 2.52. The lowest BCUT2D eigenvalue weighted by Crippen LogP contribution is -2.01. The molecule has 2 aromatic rings. The largest absolute Gasteiger partial charge is 0.478 e. The van der Waals surface area contributed by atoms with Crippen molar-refractivity contribution in [2.45, 2.75) is 19.8 Å². The number of nitrogens with zero attached hydrogens (tertiary/aromatic N) is 2. The fourth-order valence-electron chi connectivity index (χ4n) is 1.98. The molecule has 0 atom stereocenters. The predicted molar refractivity (Wildman–Crippen MR) is 85.1 cm³/mol. The molecule has 2 rings (SSSR count). The second-order valence-electron chi connectivity index (χ2n) is 5.33. The summed E-state index contributed by atoms with van der Waals surface area (Å²) < 4.78 is 0. The zero-order chi connectivity index (χ0) is 17.0. The predicted octanol–water partition coefficient (Wildman–Crippen LogP) is 4.62. The van der Waals surface area contributed by atoms with Crippen molar-refractivity contribution >= 4 is 23.3 Å². The quantitative estimate of drug-likeness (QED) is 0.786. The van der Waals surface area contributed by atoms with E-state index in [-0.39, 0.29) is 16.8 Å². The Morgan fingerprint density at radius 1 is 0.870 bits per heavy atom. The van der Waals surface area contributed by atoms with E-state index >= 15 is 0 Å². The lowest BCUT2D eigenvalue weighted by Gasteiger charge is -2.05. The average molecular weight is 312 g/mol. The molecule has 0 unspecified atom stereocenters. The molecule has 0 aliphatic heterocycles. The molecule has 118 valence electrons. The molecule has 0 aliphatic carbocycles. The van der Waals surface area contributed by atoms with Gasteiger partial charge in [0.1, 0.15) is 0 Å². The zero-order valence-electron chi connectivity index (χ0n) is 12.7. The van der Waals surface area contributed by atoms with Crippen molar-refractivity contribution in [3.05, 3.63) is 59.2 Å². The van der Waals surface area contributed by atoms with Gasteiger partial charge in [-0.2, -0.15) is 10.2 Å². The third-order valence-electron chi connectivity index (χ3n) is 3.23. The highest BCUT2D eigenvalue weighted by Gasteiger charge is 2.11. The van der Waals surface area contributed by atoms with Gasteiger partial charge in [0.05, 0.1) is 22.5 Å². The number of carboxylic acid groups (broad SMARTS) is 2. The first-order valence-corrected chi connectivity index (χ1v) is 7.00. The molecule has 6 nitrogen and oxygen atoms in total. The highest BCUT2D eigenvalue weighted by molar-refractivity contribution is 5.95. The zero-order valence-corrected chi connectivity index (χ0v) is 12.7. The maximum absolute atomic E-state index is 11.1. The van der Waals surface area contributed by atoms with Crippen LogP contribution in [0.2, 0.25) is 0 Å². The number of carboxylic acids is 2. The van der Waals surface area contributed by atoms with Gasteiger partial charge in [0.25, 0.3) is 0 Å².